The summed E-state index contributed by atoms with van der Waals surface area (Å²) in [6.45, 7) is 3.82. The minimum absolute atomic E-state index is 0. The molecule has 0 N–H and O–H groups in total. The van der Waals surface area contributed by atoms with Crippen LogP contribution in [-0.4, -0.2) is 35.9 Å². The van der Waals surface area contributed by atoms with Gasteiger partial charge in [-0.3, -0.25) is 19.6 Å². The predicted molar refractivity (Wildman–Crippen MR) is 93.3 cm³/mol. The summed E-state index contributed by atoms with van der Waals surface area (Å²) < 4.78 is 0. The number of carbonyl (C=O) groups excluding carboxylic acids is 2. The van der Waals surface area contributed by atoms with Crippen molar-refractivity contribution in [2.45, 2.75) is 18.7 Å². The van der Waals surface area contributed by atoms with E-state index in [9.17, 15) is 9.59 Å². The fourth-order valence-corrected chi connectivity index (χ4v) is 3.52. The van der Waals surface area contributed by atoms with Gasteiger partial charge in [-0.25, -0.2) is 0 Å². The smallest absolute Gasteiger partial charge is 0.270 e. The molecule has 0 saturated carbocycles. The van der Waals surface area contributed by atoms with Crippen LogP contribution in [0.4, 0.5) is 0 Å². The first-order valence-corrected chi connectivity index (χ1v) is 8.00. The van der Waals surface area contributed by atoms with E-state index < -0.39 is 16.7 Å². The molecule has 1 heterocycles. The monoisotopic (exact) mass is 525 g/mol. The van der Waals surface area contributed by atoms with Crippen LogP contribution in [0.25, 0.3) is 11.1 Å². The van der Waals surface area contributed by atoms with Gasteiger partial charge in [0.15, 0.2) is 0 Å². The zero-order valence-electron chi connectivity index (χ0n) is 14.5. The Hall–Kier alpha value is -1.64. The van der Waals surface area contributed by atoms with Crippen LogP contribution in [-0.2, 0) is 35.5 Å². The molecular weight excluding hydrogens is 508 g/mol. The molecule has 1 saturated heterocycles. The molecule has 25 heavy (non-hydrogen) atoms. The summed E-state index contributed by atoms with van der Waals surface area (Å²) in [6, 6.07) is 14.9. The zero-order valence-corrected chi connectivity index (χ0v) is 18.2. The second kappa shape index (κ2) is 6.93. The quantitative estimate of drug-likeness (QED) is 0.344. The third-order valence-corrected chi connectivity index (χ3v) is 5.02. The van der Waals surface area contributed by atoms with Crippen molar-refractivity contribution in [3.05, 3.63) is 59.2 Å². The first kappa shape index (κ1) is 19.7. The predicted octanol–water partition coefficient (Wildman–Crippen LogP) is 3.05. The summed E-state index contributed by atoms with van der Waals surface area (Å²) in [5.74, 6) is -0.919. The molecule has 0 unspecified atom stereocenters. The Kier molecular flexibility index (Phi) is 5.46. The first-order chi connectivity index (χ1) is 11.3. The molecule has 1 aliphatic heterocycles. The van der Waals surface area contributed by atoms with Gasteiger partial charge in [0.25, 0.3) is 11.8 Å². The van der Waals surface area contributed by atoms with Crippen LogP contribution in [0.15, 0.2) is 36.4 Å². The van der Waals surface area contributed by atoms with E-state index in [1.54, 1.807) is 0 Å². The van der Waals surface area contributed by atoms with Crippen LogP contribution in [0.3, 0.4) is 0 Å². The molecule has 2 aromatic rings. The minimum Gasteiger partial charge on any atom is -0.270 e. The number of likely N-dealkylation sites (N-methyl/N-ethyl adjacent to an activating group) is 2. The first-order valence-electron chi connectivity index (χ1n) is 7.63. The van der Waals surface area contributed by atoms with Crippen LogP contribution in [0, 0.1) is 19.9 Å². The molecule has 6 heteroatoms. The molecule has 0 spiro atoms. The van der Waals surface area contributed by atoms with Gasteiger partial charge in [-0.2, -0.15) is 0 Å². The van der Waals surface area contributed by atoms with Crippen LogP contribution in [0.5, 0.6) is 0 Å². The second-order valence-electron chi connectivity index (χ2n) is 6.07. The summed E-state index contributed by atoms with van der Waals surface area (Å²) in [7, 11) is 3.07. The van der Waals surface area contributed by atoms with Gasteiger partial charge in [0.2, 0.25) is 4.87 Å². The molecule has 1 fully saturated rings. The number of aryl methyl sites for hydroxylation is 2. The van der Waals surface area contributed by atoms with Crippen molar-refractivity contribution in [3.63, 3.8) is 0 Å². The number of amides is 2. The molecule has 0 bridgehead atoms. The largest absolute Gasteiger partial charge is 0.274 e. The Labute approximate surface area is 167 Å². The Bertz CT molecular complexity index is 819. The normalized spacial score (nSPS) is 16.2. The van der Waals surface area contributed by atoms with E-state index in [0.717, 1.165) is 22.3 Å². The number of alkyl halides is 1. The van der Waals surface area contributed by atoms with Crippen molar-refractivity contribution in [1.82, 2.24) is 10.0 Å². The Morgan fingerprint density at radius 3 is 2.00 bits per heavy atom. The number of rotatable bonds is 2. The second-order valence-corrected chi connectivity index (χ2v) is 6.63. The Morgan fingerprint density at radius 1 is 0.960 bits per heavy atom. The fraction of sp³-hybridized carbons (Fsp3) is 0.263. The summed E-state index contributed by atoms with van der Waals surface area (Å²) in [4.78, 5) is 23.5. The van der Waals surface area contributed by atoms with Crippen LogP contribution < -0.4 is 0 Å². The topological polar surface area (TPSA) is 40.6 Å². The average Bonchev–Trinajstić information content (AvgIpc) is 2.72. The maximum Gasteiger partial charge on any atom is 0.274 e. The third kappa shape index (κ3) is 2.92. The molecule has 4 nitrogen and oxygen atoms in total. The molecular formula is C19H18ClN2O2W-. The fourth-order valence-electron chi connectivity index (χ4n) is 3.08. The number of hydrazine groups is 1. The molecule has 0 radical (unpaired) electrons. The van der Waals surface area contributed by atoms with Crippen LogP contribution >= 0.6 is 11.6 Å². The van der Waals surface area contributed by atoms with Crippen LogP contribution in [0.2, 0.25) is 0 Å². The summed E-state index contributed by atoms with van der Waals surface area (Å²) in [6.07, 6.45) is 0. The van der Waals surface area contributed by atoms with E-state index >= 15 is 0 Å². The Morgan fingerprint density at radius 2 is 1.48 bits per heavy atom. The van der Waals surface area contributed by atoms with Crippen molar-refractivity contribution in [2.75, 3.05) is 14.1 Å². The van der Waals surface area contributed by atoms with E-state index in [1.807, 2.05) is 50.2 Å². The summed E-state index contributed by atoms with van der Waals surface area (Å²) >= 11 is 6.59. The summed E-state index contributed by atoms with van der Waals surface area (Å²) in [5, 5.41) is 2.48. The minimum atomic E-state index is -1.76. The number of hydrogen-bond acceptors (Lipinski definition) is 2. The SMILES string of the molecule is Cc1cc(C)c(C2(Cl)C(=O)N(C)N(C)C2=O)[c-]c1-c1ccccc1.[W]. The molecule has 2 aromatic carbocycles. The van der Waals surface area contributed by atoms with Gasteiger partial charge in [-0.1, -0.05) is 66.9 Å². The molecule has 3 rings (SSSR count). The molecule has 0 aromatic heterocycles. The third-order valence-electron chi connectivity index (χ3n) is 4.51. The van der Waals surface area contributed by atoms with Crippen molar-refractivity contribution in [2.24, 2.45) is 0 Å². The maximum absolute atomic E-state index is 12.6. The number of carbonyl (C=O) groups is 2. The molecule has 0 aliphatic carbocycles. The van der Waals surface area contributed by atoms with Crippen molar-refractivity contribution in [3.8, 4) is 11.1 Å². The summed E-state index contributed by atoms with van der Waals surface area (Å²) in [5.41, 5.74) is 4.01. The molecule has 2 amide bonds. The zero-order chi connectivity index (χ0) is 17.6. The van der Waals surface area contributed by atoms with E-state index in [4.69, 9.17) is 11.6 Å². The van der Waals surface area contributed by atoms with Crippen molar-refractivity contribution < 1.29 is 30.7 Å². The van der Waals surface area contributed by atoms with E-state index in [0.29, 0.717) is 5.56 Å². The number of benzene rings is 2. The van der Waals surface area contributed by atoms with Gasteiger partial charge in [0.05, 0.1) is 0 Å². The Balaban J connectivity index is 0.00000225. The van der Waals surface area contributed by atoms with Gasteiger partial charge in [-0.15, -0.1) is 28.8 Å². The number of halogens is 1. The number of hydrogen-bond donors (Lipinski definition) is 0. The van der Waals surface area contributed by atoms with Gasteiger partial charge < -0.3 is 0 Å². The van der Waals surface area contributed by atoms with Crippen molar-refractivity contribution >= 4 is 23.4 Å². The standard InChI is InChI=1S/C19H18ClN2O2.W/c1-12-10-13(2)16(11-15(12)14-8-6-5-7-9-14)19(20)17(23)21(3)22(4)18(19)24;/h5-10H,1-4H3;/q-1;. The average molecular weight is 526 g/mol. The van der Waals surface area contributed by atoms with Gasteiger partial charge in [0, 0.05) is 35.2 Å². The molecule has 1 aliphatic rings. The van der Waals surface area contributed by atoms with Gasteiger partial charge in [0.1, 0.15) is 0 Å². The van der Waals surface area contributed by atoms with E-state index in [2.05, 4.69) is 6.07 Å². The molecule has 0 atom stereocenters. The molecule has 130 valence electrons. The van der Waals surface area contributed by atoms with Gasteiger partial charge in [-0.05, 0) is 0 Å². The maximum atomic E-state index is 12.6. The van der Waals surface area contributed by atoms with Gasteiger partial charge >= 0.3 is 0 Å². The number of nitrogens with zero attached hydrogens (tertiary/aromatic N) is 2. The van der Waals surface area contributed by atoms with Crippen molar-refractivity contribution in [1.29, 1.82) is 0 Å². The van der Waals surface area contributed by atoms with E-state index in [-0.39, 0.29) is 21.1 Å². The van der Waals surface area contributed by atoms with E-state index in [1.165, 1.54) is 24.1 Å². The van der Waals surface area contributed by atoms with Crippen LogP contribution in [0.1, 0.15) is 16.7 Å².